The van der Waals surface area contributed by atoms with Crippen molar-refractivity contribution in [1.82, 2.24) is 25.0 Å². The lowest BCUT2D eigenvalue weighted by atomic mass is 10.3. The predicted molar refractivity (Wildman–Crippen MR) is 63.1 cm³/mol. The Hall–Kier alpha value is -0.940. The summed E-state index contributed by atoms with van der Waals surface area (Å²) in [4.78, 5) is 6.78. The van der Waals surface area contributed by atoms with Crippen LogP contribution in [-0.2, 0) is 13.1 Å². The summed E-state index contributed by atoms with van der Waals surface area (Å²) < 4.78 is 2.02. The van der Waals surface area contributed by atoms with Crippen molar-refractivity contribution in [3.8, 4) is 0 Å². The van der Waals surface area contributed by atoms with E-state index in [0.717, 1.165) is 38.4 Å². The second-order valence-electron chi connectivity index (χ2n) is 4.41. The molecule has 0 aliphatic carbocycles. The molecule has 1 N–H and O–H groups in total. The lowest BCUT2D eigenvalue weighted by Crippen LogP contribution is -2.30. The molecule has 1 aliphatic heterocycles. The Labute approximate surface area is 96.8 Å². The fraction of sp³-hybridized carbons (Fsp3) is 0.818. The summed E-state index contributed by atoms with van der Waals surface area (Å²) in [6.45, 7) is 6.34. The Balaban J connectivity index is 1.91. The van der Waals surface area contributed by atoms with E-state index in [1.54, 1.807) is 6.33 Å². The van der Waals surface area contributed by atoms with Crippen LogP contribution >= 0.6 is 0 Å². The van der Waals surface area contributed by atoms with Gasteiger partial charge in [-0.25, -0.2) is 9.67 Å². The molecule has 1 atom stereocenters. The van der Waals surface area contributed by atoms with Crippen molar-refractivity contribution in [3.63, 3.8) is 0 Å². The van der Waals surface area contributed by atoms with Crippen molar-refractivity contribution < 1.29 is 0 Å². The number of nitrogens with zero attached hydrogens (tertiary/aromatic N) is 4. The highest BCUT2D eigenvalue weighted by Crippen LogP contribution is 2.11. The highest BCUT2D eigenvalue weighted by molar-refractivity contribution is 4.88. The maximum atomic E-state index is 4.34. The van der Waals surface area contributed by atoms with Gasteiger partial charge in [-0.2, -0.15) is 5.10 Å². The van der Waals surface area contributed by atoms with Gasteiger partial charge in [-0.1, -0.05) is 6.92 Å². The molecule has 0 amide bonds. The average Bonchev–Trinajstić information content (AvgIpc) is 2.90. The first-order chi connectivity index (χ1) is 7.83. The molecule has 1 saturated heterocycles. The Bertz CT molecular complexity index is 322. The first-order valence-electron chi connectivity index (χ1n) is 6.09. The molecule has 5 nitrogen and oxygen atoms in total. The molecule has 5 heteroatoms. The average molecular weight is 223 g/mol. The monoisotopic (exact) mass is 223 g/mol. The number of aryl methyl sites for hydroxylation is 1. The van der Waals surface area contributed by atoms with Crippen molar-refractivity contribution >= 4 is 0 Å². The van der Waals surface area contributed by atoms with E-state index in [-0.39, 0.29) is 0 Å². The van der Waals surface area contributed by atoms with Gasteiger partial charge in [0.25, 0.3) is 0 Å². The minimum atomic E-state index is 0.641. The van der Waals surface area contributed by atoms with Gasteiger partial charge in [-0.15, -0.1) is 0 Å². The predicted octanol–water partition coefficient (Wildman–Crippen LogP) is 0.482. The summed E-state index contributed by atoms with van der Waals surface area (Å²) in [5.74, 6) is 1.10. The Morgan fingerprint density at radius 3 is 3.12 bits per heavy atom. The van der Waals surface area contributed by atoms with Crippen LogP contribution in [0.15, 0.2) is 6.33 Å². The fourth-order valence-electron chi connectivity index (χ4n) is 2.22. The number of aromatic nitrogens is 3. The summed E-state index contributed by atoms with van der Waals surface area (Å²) in [7, 11) is 2.04. The zero-order valence-electron chi connectivity index (χ0n) is 10.2. The van der Waals surface area contributed by atoms with E-state index in [1.807, 2.05) is 11.7 Å². The molecule has 1 aliphatic rings. The first-order valence-corrected chi connectivity index (χ1v) is 6.09. The van der Waals surface area contributed by atoms with Gasteiger partial charge in [-0.3, -0.25) is 4.90 Å². The standard InChI is InChI=1S/C11H21N5/c1-3-5-16-11(13-9-14-16)8-15-6-4-10(7-15)12-2/h9-10,12H,3-8H2,1-2H3. The van der Waals surface area contributed by atoms with Crippen molar-refractivity contribution in [2.75, 3.05) is 20.1 Å². The van der Waals surface area contributed by atoms with Gasteiger partial charge in [0.05, 0.1) is 6.54 Å². The number of hydrogen-bond donors (Lipinski definition) is 1. The van der Waals surface area contributed by atoms with Crippen LogP contribution in [0.1, 0.15) is 25.6 Å². The van der Waals surface area contributed by atoms with Gasteiger partial charge in [0.1, 0.15) is 12.2 Å². The van der Waals surface area contributed by atoms with E-state index >= 15 is 0 Å². The van der Waals surface area contributed by atoms with Crippen LogP contribution in [0.25, 0.3) is 0 Å². The normalized spacial score (nSPS) is 21.8. The van der Waals surface area contributed by atoms with Gasteiger partial charge in [0.2, 0.25) is 0 Å². The molecular formula is C11H21N5. The second-order valence-corrected chi connectivity index (χ2v) is 4.41. The summed E-state index contributed by atoms with van der Waals surface area (Å²) in [6, 6.07) is 0.641. The van der Waals surface area contributed by atoms with Gasteiger partial charge < -0.3 is 5.32 Å². The van der Waals surface area contributed by atoms with E-state index in [9.17, 15) is 0 Å². The smallest absolute Gasteiger partial charge is 0.141 e. The van der Waals surface area contributed by atoms with Gasteiger partial charge in [0.15, 0.2) is 0 Å². The summed E-state index contributed by atoms with van der Waals surface area (Å²) in [5.41, 5.74) is 0. The molecule has 0 spiro atoms. The summed E-state index contributed by atoms with van der Waals surface area (Å²) in [6.07, 6.45) is 4.00. The molecule has 2 rings (SSSR count). The molecule has 0 aromatic carbocycles. The molecule has 1 aromatic heterocycles. The Morgan fingerprint density at radius 1 is 1.56 bits per heavy atom. The number of likely N-dealkylation sites (tertiary alicyclic amines) is 1. The molecule has 0 saturated carbocycles. The topological polar surface area (TPSA) is 46.0 Å². The molecule has 0 bridgehead atoms. The minimum Gasteiger partial charge on any atom is -0.316 e. The van der Waals surface area contributed by atoms with Crippen LogP contribution in [-0.4, -0.2) is 45.8 Å². The lowest BCUT2D eigenvalue weighted by molar-refractivity contribution is 0.305. The van der Waals surface area contributed by atoms with Crippen LogP contribution in [0.4, 0.5) is 0 Å². The molecule has 1 fully saturated rings. The quantitative estimate of drug-likeness (QED) is 0.789. The van der Waals surface area contributed by atoms with Crippen LogP contribution in [0, 0.1) is 0 Å². The van der Waals surface area contributed by atoms with E-state index in [4.69, 9.17) is 0 Å². The van der Waals surface area contributed by atoms with Gasteiger partial charge in [-0.05, 0) is 19.9 Å². The number of rotatable bonds is 5. The number of hydrogen-bond acceptors (Lipinski definition) is 4. The highest BCUT2D eigenvalue weighted by Gasteiger charge is 2.22. The Morgan fingerprint density at radius 2 is 2.44 bits per heavy atom. The van der Waals surface area contributed by atoms with Crippen molar-refractivity contribution in [2.45, 2.75) is 38.9 Å². The second kappa shape index (κ2) is 5.41. The molecule has 1 aromatic rings. The van der Waals surface area contributed by atoms with Gasteiger partial charge >= 0.3 is 0 Å². The first kappa shape index (κ1) is 11.5. The third-order valence-corrected chi connectivity index (χ3v) is 3.18. The maximum absolute atomic E-state index is 4.34. The van der Waals surface area contributed by atoms with Crippen LogP contribution < -0.4 is 5.32 Å². The maximum Gasteiger partial charge on any atom is 0.141 e. The lowest BCUT2D eigenvalue weighted by Gasteiger charge is -2.15. The molecule has 16 heavy (non-hydrogen) atoms. The summed E-state index contributed by atoms with van der Waals surface area (Å²) >= 11 is 0. The van der Waals surface area contributed by atoms with E-state index < -0.39 is 0 Å². The fourth-order valence-corrected chi connectivity index (χ4v) is 2.22. The van der Waals surface area contributed by atoms with Crippen molar-refractivity contribution in [1.29, 1.82) is 0 Å². The van der Waals surface area contributed by atoms with Crippen LogP contribution in [0.3, 0.4) is 0 Å². The number of likely N-dealkylation sites (N-methyl/N-ethyl adjacent to an activating group) is 1. The molecule has 0 radical (unpaired) electrons. The molecule has 2 heterocycles. The van der Waals surface area contributed by atoms with E-state index in [0.29, 0.717) is 6.04 Å². The van der Waals surface area contributed by atoms with Crippen molar-refractivity contribution in [3.05, 3.63) is 12.2 Å². The molecular weight excluding hydrogens is 202 g/mol. The largest absolute Gasteiger partial charge is 0.316 e. The third-order valence-electron chi connectivity index (χ3n) is 3.18. The van der Waals surface area contributed by atoms with Crippen LogP contribution in [0.2, 0.25) is 0 Å². The molecule has 1 unspecified atom stereocenters. The summed E-state index contributed by atoms with van der Waals surface area (Å²) in [5, 5.41) is 7.58. The minimum absolute atomic E-state index is 0.641. The highest BCUT2D eigenvalue weighted by atomic mass is 15.3. The van der Waals surface area contributed by atoms with E-state index in [1.165, 1.54) is 6.42 Å². The molecule has 90 valence electrons. The zero-order valence-corrected chi connectivity index (χ0v) is 10.2. The zero-order chi connectivity index (χ0) is 11.4. The SMILES string of the molecule is CCCn1ncnc1CN1CCC(NC)C1. The number of nitrogens with one attached hydrogen (secondary N) is 1. The van der Waals surface area contributed by atoms with Crippen molar-refractivity contribution in [2.24, 2.45) is 0 Å². The van der Waals surface area contributed by atoms with Crippen LogP contribution in [0.5, 0.6) is 0 Å². The van der Waals surface area contributed by atoms with Gasteiger partial charge in [0, 0.05) is 25.7 Å². The third kappa shape index (κ3) is 2.59. The van der Waals surface area contributed by atoms with E-state index in [2.05, 4.69) is 27.2 Å². The Kier molecular flexibility index (Phi) is 3.90.